The Bertz CT molecular complexity index is 785. The predicted molar refractivity (Wildman–Crippen MR) is 151 cm³/mol. The van der Waals surface area contributed by atoms with Gasteiger partial charge in [-0.25, -0.2) is 0 Å². The van der Waals surface area contributed by atoms with E-state index in [2.05, 4.69) is 112 Å². The highest BCUT2D eigenvalue weighted by molar-refractivity contribution is 5.48. The molecule has 9 heteroatoms. The molecule has 4 fully saturated rings. The molecule has 9 nitrogen and oxygen atoms in total. The third-order valence-corrected chi connectivity index (χ3v) is 9.03. The Morgan fingerprint density at radius 3 is 1.24 bits per heavy atom. The third kappa shape index (κ3) is 6.51. The monoisotopic (exact) mass is 520 g/mol. The molecule has 4 saturated heterocycles. The molecular formula is C28H56N8O. The van der Waals surface area contributed by atoms with Crippen LogP contribution in [-0.2, 0) is 4.79 Å². The van der Waals surface area contributed by atoms with E-state index in [0.29, 0.717) is 18.8 Å². The zero-order valence-electron chi connectivity index (χ0n) is 25.6. The van der Waals surface area contributed by atoms with Gasteiger partial charge in [0.2, 0.25) is 6.41 Å². The fraction of sp³-hybridized carbons (Fsp3) is 0.964. The molecule has 4 aliphatic rings. The van der Waals surface area contributed by atoms with Crippen molar-refractivity contribution < 1.29 is 4.79 Å². The van der Waals surface area contributed by atoms with E-state index in [-0.39, 0.29) is 34.5 Å². The zero-order chi connectivity index (χ0) is 27.6. The van der Waals surface area contributed by atoms with Crippen molar-refractivity contribution in [1.82, 2.24) is 40.0 Å². The summed E-state index contributed by atoms with van der Waals surface area (Å²) < 4.78 is 0. The minimum atomic E-state index is 0.0227. The second-order valence-corrected chi connectivity index (χ2v) is 15.4. The highest BCUT2D eigenvalue weighted by Crippen LogP contribution is 2.36. The minimum absolute atomic E-state index is 0.0227. The maximum absolute atomic E-state index is 12.5. The Balaban J connectivity index is 1.46. The summed E-state index contributed by atoms with van der Waals surface area (Å²) in [7, 11) is 6.65. The summed E-state index contributed by atoms with van der Waals surface area (Å²) in [5.74, 6) is 0. The molecule has 0 saturated carbocycles. The molecule has 1 amide bonds. The topological polar surface area (TPSA) is 60.6 Å². The highest BCUT2D eigenvalue weighted by Gasteiger charge is 2.48. The van der Waals surface area contributed by atoms with Crippen molar-refractivity contribution in [3.05, 3.63) is 0 Å². The molecule has 0 aromatic heterocycles. The van der Waals surface area contributed by atoms with Crippen LogP contribution in [0.5, 0.6) is 0 Å². The van der Waals surface area contributed by atoms with Gasteiger partial charge in [0.15, 0.2) is 0 Å². The molecule has 0 aromatic carbocycles. The number of nitrogens with zero attached hydrogens (tertiary/aromatic N) is 6. The van der Waals surface area contributed by atoms with Gasteiger partial charge >= 0.3 is 0 Å². The molecule has 0 bridgehead atoms. The minimum Gasteiger partial charge on any atom is -0.313 e. The largest absolute Gasteiger partial charge is 0.313 e. The molecule has 4 heterocycles. The summed E-state index contributed by atoms with van der Waals surface area (Å²) in [6.07, 6.45) is 5.71. The Labute approximate surface area is 226 Å². The quantitative estimate of drug-likeness (QED) is 0.546. The number of hydrogen-bond donors (Lipinski definition) is 2. The lowest BCUT2D eigenvalue weighted by Gasteiger charge is -2.59. The fourth-order valence-corrected chi connectivity index (χ4v) is 8.55. The fourth-order valence-electron chi connectivity index (χ4n) is 8.55. The Hall–Kier alpha value is -0.810. The van der Waals surface area contributed by atoms with Crippen LogP contribution in [0.15, 0.2) is 0 Å². The lowest BCUT2D eigenvalue weighted by Crippen LogP contribution is -2.75. The first-order valence-electron chi connectivity index (χ1n) is 14.3. The molecule has 214 valence electrons. The molecule has 2 N–H and O–H groups in total. The predicted octanol–water partition coefficient (Wildman–Crippen LogP) is 1.97. The number of rotatable bonds is 4. The van der Waals surface area contributed by atoms with E-state index in [9.17, 15) is 4.79 Å². The van der Waals surface area contributed by atoms with E-state index < -0.39 is 0 Å². The second-order valence-electron chi connectivity index (χ2n) is 15.4. The standard InChI is InChI=1S/C28H56N8O/c1-25(2)12-21(13-26(3,4)29-25)34-16-31(9)23(32(10)17-34)24-33(11)18-35(19-36(24)20-37)22-14-27(5,6)30-28(7,8)15-22/h20-24,29-30H,12-19H2,1-11H3. The summed E-state index contributed by atoms with van der Waals surface area (Å²) >= 11 is 0. The molecular weight excluding hydrogens is 464 g/mol. The molecule has 37 heavy (non-hydrogen) atoms. The first kappa shape index (κ1) is 29.2. The highest BCUT2D eigenvalue weighted by atomic mass is 16.1. The van der Waals surface area contributed by atoms with E-state index in [1.165, 1.54) is 0 Å². The number of hydrogen-bond acceptors (Lipinski definition) is 8. The first-order chi connectivity index (χ1) is 16.9. The molecule has 1 unspecified atom stereocenters. The number of nitrogens with one attached hydrogen (secondary N) is 2. The summed E-state index contributed by atoms with van der Waals surface area (Å²) in [5.41, 5.74) is 0.414. The normalized spacial score (nSPS) is 33.6. The molecule has 1 atom stereocenters. The van der Waals surface area contributed by atoms with Gasteiger partial charge in [-0.2, -0.15) is 0 Å². The number of likely N-dealkylation sites (N-methyl/N-ethyl adjacent to an activating group) is 3. The smallest absolute Gasteiger partial charge is 0.212 e. The maximum Gasteiger partial charge on any atom is 0.212 e. The maximum atomic E-state index is 12.5. The number of carbonyl (C=O) groups is 1. The summed E-state index contributed by atoms with van der Waals surface area (Å²) in [4.78, 5) is 27.0. The first-order valence-corrected chi connectivity index (χ1v) is 14.3. The van der Waals surface area contributed by atoms with Crippen molar-refractivity contribution in [1.29, 1.82) is 0 Å². The van der Waals surface area contributed by atoms with Crippen molar-refractivity contribution >= 4 is 6.41 Å². The van der Waals surface area contributed by atoms with Crippen molar-refractivity contribution in [2.24, 2.45) is 0 Å². The van der Waals surface area contributed by atoms with Crippen LogP contribution in [0.4, 0.5) is 0 Å². The summed E-state index contributed by atoms with van der Waals surface area (Å²) in [6, 6.07) is 0.978. The van der Waals surface area contributed by atoms with Gasteiger partial charge in [0, 0.05) is 34.2 Å². The van der Waals surface area contributed by atoms with Crippen LogP contribution in [0.3, 0.4) is 0 Å². The average molecular weight is 521 g/mol. The molecule has 0 spiro atoms. The van der Waals surface area contributed by atoms with E-state index in [4.69, 9.17) is 0 Å². The van der Waals surface area contributed by atoms with Crippen LogP contribution < -0.4 is 10.6 Å². The third-order valence-electron chi connectivity index (χ3n) is 9.03. The Morgan fingerprint density at radius 2 is 0.892 bits per heavy atom. The second kappa shape index (κ2) is 9.98. The van der Waals surface area contributed by atoms with Gasteiger partial charge in [-0.1, -0.05) is 0 Å². The van der Waals surface area contributed by atoms with E-state index >= 15 is 0 Å². The van der Waals surface area contributed by atoms with Crippen molar-refractivity contribution in [3.8, 4) is 0 Å². The average Bonchev–Trinajstić information content (AvgIpc) is 2.69. The molecule has 0 aliphatic carbocycles. The lowest BCUT2D eigenvalue weighted by molar-refractivity contribution is -0.184. The summed E-state index contributed by atoms with van der Waals surface area (Å²) in [5, 5.41) is 7.63. The van der Waals surface area contributed by atoms with Crippen LogP contribution in [0.2, 0.25) is 0 Å². The van der Waals surface area contributed by atoms with Crippen LogP contribution in [0, 0.1) is 0 Å². The van der Waals surface area contributed by atoms with Gasteiger partial charge < -0.3 is 15.5 Å². The van der Waals surface area contributed by atoms with Crippen molar-refractivity contribution in [3.63, 3.8) is 0 Å². The summed E-state index contributed by atoms with van der Waals surface area (Å²) in [6.45, 7) is 21.9. The van der Waals surface area contributed by atoms with E-state index in [0.717, 1.165) is 52.1 Å². The SMILES string of the molecule is CN1CN(C2CC(C)(C)NC(C)(C)C2)CN(C)C1C1N(C)CN(C2CC(C)(C)NC(C)(C)C2)CN1C=O. The van der Waals surface area contributed by atoms with E-state index in [1.807, 2.05) is 4.90 Å². The number of piperidine rings is 2. The van der Waals surface area contributed by atoms with Gasteiger partial charge in [-0.3, -0.25) is 29.3 Å². The van der Waals surface area contributed by atoms with Gasteiger partial charge in [0.1, 0.15) is 6.17 Å². The van der Waals surface area contributed by atoms with Crippen LogP contribution in [0.1, 0.15) is 81.1 Å². The van der Waals surface area contributed by atoms with Crippen molar-refractivity contribution in [2.75, 3.05) is 47.8 Å². The van der Waals surface area contributed by atoms with Gasteiger partial charge in [0.05, 0.1) is 32.8 Å². The zero-order valence-corrected chi connectivity index (χ0v) is 25.6. The van der Waals surface area contributed by atoms with Crippen LogP contribution in [-0.4, -0.2) is 130 Å². The molecule has 0 radical (unpaired) electrons. The molecule has 0 aromatic rings. The molecule has 4 aliphatic heterocycles. The van der Waals surface area contributed by atoms with Gasteiger partial charge in [0.25, 0.3) is 0 Å². The van der Waals surface area contributed by atoms with Crippen molar-refractivity contribution in [2.45, 2.75) is 128 Å². The number of carbonyl (C=O) groups excluding carboxylic acids is 1. The Morgan fingerprint density at radius 1 is 0.568 bits per heavy atom. The molecule has 4 rings (SSSR count). The Kier molecular flexibility index (Phi) is 7.87. The van der Waals surface area contributed by atoms with E-state index in [1.54, 1.807) is 0 Å². The van der Waals surface area contributed by atoms with Gasteiger partial charge in [-0.15, -0.1) is 0 Å². The van der Waals surface area contributed by atoms with Gasteiger partial charge in [-0.05, 0) is 102 Å². The lowest BCUT2D eigenvalue weighted by atomic mass is 9.79. The number of amides is 1. The van der Waals surface area contributed by atoms with Crippen LogP contribution >= 0.6 is 0 Å². The van der Waals surface area contributed by atoms with Crippen LogP contribution in [0.25, 0.3) is 0 Å².